The monoisotopic (exact) mass is 370 g/mol. The van der Waals surface area contributed by atoms with Crippen LogP contribution in [0.4, 0.5) is 16.3 Å². The standard InChI is InChI=1S/C18H23BN4O4/c1-17(2)18(3,4)27-19(26-17)12-6-8-13(9-7-12)21-16(24)23-14-10-20-11-15(22-14)25-5/h6-11H,1-5H3,(H2,21,22,23,24). The van der Waals surface area contributed by atoms with Crippen LogP contribution in [-0.2, 0) is 9.31 Å². The highest BCUT2D eigenvalue weighted by Crippen LogP contribution is 2.36. The summed E-state index contributed by atoms with van der Waals surface area (Å²) in [5, 5.41) is 5.34. The number of benzene rings is 1. The van der Waals surface area contributed by atoms with Gasteiger partial charge in [-0.1, -0.05) is 12.1 Å². The van der Waals surface area contributed by atoms with Gasteiger partial charge in [0.25, 0.3) is 0 Å². The number of urea groups is 1. The van der Waals surface area contributed by atoms with Crippen LogP contribution in [0, 0.1) is 0 Å². The molecule has 0 bridgehead atoms. The van der Waals surface area contributed by atoms with Gasteiger partial charge in [0.1, 0.15) is 0 Å². The molecule has 1 aromatic carbocycles. The number of amides is 2. The Labute approximate surface area is 158 Å². The van der Waals surface area contributed by atoms with Crippen LogP contribution in [0.1, 0.15) is 27.7 Å². The van der Waals surface area contributed by atoms with Crippen molar-refractivity contribution in [2.45, 2.75) is 38.9 Å². The molecule has 1 saturated heterocycles. The van der Waals surface area contributed by atoms with Crippen molar-refractivity contribution < 1.29 is 18.8 Å². The molecule has 1 fully saturated rings. The molecule has 2 N–H and O–H groups in total. The van der Waals surface area contributed by atoms with Crippen molar-refractivity contribution in [2.75, 3.05) is 17.7 Å². The Balaban J connectivity index is 1.61. The first-order chi connectivity index (χ1) is 12.7. The number of carbonyl (C=O) groups excluding carboxylic acids is 1. The summed E-state index contributed by atoms with van der Waals surface area (Å²) in [5.41, 5.74) is 0.722. The Morgan fingerprint density at radius 2 is 1.67 bits per heavy atom. The molecule has 0 aliphatic carbocycles. The molecule has 1 aliphatic heterocycles. The summed E-state index contributed by atoms with van der Waals surface area (Å²) in [5.74, 6) is 0.611. The zero-order valence-electron chi connectivity index (χ0n) is 16.1. The van der Waals surface area contributed by atoms with E-state index in [1.165, 1.54) is 19.5 Å². The zero-order chi connectivity index (χ0) is 19.7. The predicted octanol–water partition coefficient (Wildman–Crippen LogP) is 2.43. The lowest BCUT2D eigenvalue weighted by Crippen LogP contribution is -2.41. The number of hydrogen-bond donors (Lipinski definition) is 2. The van der Waals surface area contributed by atoms with Crippen LogP contribution in [0.25, 0.3) is 0 Å². The van der Waals surface area contributed by atoms with E-state index >= 15 is 0 Å². The second kappa shape index (κ2) is 7.17. The summed E-state index contributed by atoms with van der Waals surface area (Å²) < 4.78 is 17.0. The van der Waals surface area contributed by atoms with Gasteiger partial charge in [-0.25, -0.2) is 4.79 Å². The fourth-order valence-electron chi connectivity index (χ4n) is 2.49. The van der Waals surface area contributed by atoms with Crippen LogP contribution in [0.2, 0.25) is 0 Å². The maximum Gasteiger partial charge on any atom is 0.494 e. The number of anilines is 2. The zero-order valence-corrected chi connectivity index (χ0v) is 16.1. The molecule has 0 radical (unpaired) electrons. The Kier molecular flexibility index (Phi) is 5.08. The topological polar surface area (TPSA) is 94.6 Å². The molecule has 142 valence electrons. The first-order valence-corrected chi connectivity index (χ1v) is 8.60. The van der Waals surface area contributed by atoms with Crippen molar-refractivity contribution in [1.29, 1.82) is 0 Å². The van der Waals surface area contributed by atoms with Gasteiger partial charge in [-0.3, -0.25) is 10.3 Å². The number of carbonyl (C=O) groups is 1. The summed E-state index contributed by atoms with van der Waals surface area (Å²) in [7, 11) is 1.04. The average molecular weight is 370 g/mol. The van der Waals surface area contributed by atoms with Gasteiger partial charge in [0.05, 0.1) is 30.7 Å². The predicted molar refractivity (Wildman–Crippen MR) is 103 cm³/mol. The van der Waals surface area contributed by atoms with Gasteiger partial charge in [0.2, 0.25) is 5.88 Å². The summed E-state index contributed by atoms with van der Waals surface area (Å²) in [6, 6.07) is 6.88. The van der Waals surface area contributed by atoms with Gasteiger partial charge in [0.15, 0.2) is 5.82 Å². The Morgan fingerprint density at radius 1 is 1.04 bits per heavy atom. The molecule has 2 amide bonds. The van der Waals surface area contributed by atoms with E-state index in [4.69, 9.17) is 14.0 Å². The summed E-state index contributed by atoms with van der Waals surface area (Å²) >= 11 is 0. The second-order valence-corrected chi connectivity index (χ2v) is 7.24. The molecule has 8 nitrogen and oxygen atoms in total. The van der Waals surface area contributed by atoms with Crippen molar-refractivity contribution in [3.05, 3.63) is 36.7 Å². The third-order valence-electron chi connectivity index (χ3n) is 4.76. The fraction of sp³-hybridized carbons (Fsp3) is 0.389. The Hall–Kier alpha value is -2.65. The minimum Gasteiger partial charge on any atom is -0.480 e. The van der Waals surface area contributed by atoms with Crippen LogP contribution in [0.3, 0.4) is 0 Å². The van der Waals surface area contributed by atoms with E-state index < -0.39 is 24.4 Å². The molecular formula is C18H23BN4O4. The molecular weight excluding hydrogens is 347 g/mol. The molecule has 1 aromatic heterocycles. The SMILES string of the molecule is COc1cncc(NC(=O)Nc2ccc(B3OC(C)(C)C(C)(C)O3)cc2)n1. The first-order valence-electron chi connectivity index (χ1n) is 8.60. The molecule has 1 aliphatic rings. The summed E-state index contributed by atoms with van der Waals surface area (Å²) in [4.78, 5) is 20.1. The molecule has 0 spiro atoms. The van der Waals surface area contributed by atoms with Gasteiger partial charge in [-0.05, 0) is 45.3 Å². The quantitative estimate of drug-likeness (QED) is 0.803. The molecule has 9 heteroatoms. The summed E-state index contributed by atoms with van der Waals surface area (Å²) in [6.45, 7) is 8.03. The maximum atomic E-state index is 12.1. The minimum atomic E-state index is -0.440. The lowest BCUT2D eigenvalue weighted by molar-refractivity contribution is 0.00578. The fourth-order valence-corrected chi connectivity index (χ4v) is 2.49. The van der Waals surface area contributed by atoms with Crippen LogP contribution >= 0.6 is 0 Å². The number of nitrogens with zero attached hydrogens (tertiary/aromatic N) is 2. The van der Waals surface area contributed by atoms with Crippen molar-refractivity contribution >= 4 is 30.1 Å². The highest BCUT2D eigenvalue weighted by Gasteiger charge is 2.51. The molecule has 27 heavy (non-hydrogen) atoms. The van der Waals surface area contributed by atoms with Crippen LogP contribution in [-0.4, -0.2) is 41.4 Å². The smallest absolute Gasteiger partial charge is 0.480 e. The van der Waals surface area contributed by atoms with Gasteiger partial charge in [-0.2, -0.15) is 4.98 Å². The number of nitrogens with one attached hydrogen (secondary N) is 2. The number of rotatable bonds is 4. The Morgan fingerprint density at radius 3 is 2.26 bits per heavy atom. The van der Waals surface area contributed by atoms with Crippen molar-refractivity contribution in [2.24, 2.45) is 0 Å². The van der Waals surface area contributed by atoms with E-state index in [2.05, 4.69) is 20.6 Å². The number of aromatic nitrogens is 2. The lowest BCUT2D eigenvalue weighted by Gasteiger charge is -2.32. The highest BCUT2D eigenvalue weighted by atomic mass is 16.7. The van der Waals surface area contributed by atoms with E-state index in [-0.39, 0.29) is 0 Å². The number of ether oxygens (including phenoxy) is 1. The maximum absolute atomic E-state index is 12.1. The minimum absolute atomic E-state index is 0.292. The Bertz CT molecular complexity index is 810. The third-order valence-corrected chi connectivity index (χ3v) is 4.76. The van der Waals surface area contributed by atoms with E-state index in [9.17, 15) is 4.79 Å². The van der Waals surface area contributed by atoms with E-state index in [1.54, 1.807) is 12.1 Å². The van der Waals surface area contributed by atoms with Crippen molar-refractivity contribution in [3.8, 4) is 5.88 Å². The van der Waals surface area contributed by atoms with E-state index in [0.29, 0.717) is 17.4 Å². The second-order valence-electron chi connectivity index (χ2n) is 7.24. The highest BCUT2D eigenvalue weighted by molar-refractivity contribution is 6.62. The third kappa shape index (κ3) is 4.20. The largest absolute Gasteiger partial charge is 0.494 e. The molecule has 2 aromatic rings. The van der Waals surface area contributed by atoms with Gasteiger partial charge in [0, 0.05) is 5.69 Å². The first kappa shape index (κ1) is 19.1. The van der Waals surface area contributed by atoms with Crippen LogP contribution in [0.5, 0.6) is 5.88 Å². The normalized spacial score (nSPS) is 17.4. The lowest BCUT2D eigenvalue weighted by atomic mass is 9.79. The number of hydrogen-bond acceptors (Lipinski definition) is 6. The van der Waals surface area contributed by atoms with Crippen LogP contribution in [0.15, 0.2) is 36.7 Å². The van der Waals surface area contributed by atoms with Gasteiger partial charge >= 0.3 is 13.1 Å². The molecule has 3 rings (SSSR count). The number of methoxy groups -OCH3 is 1. The summed E-state index contributed by atoms with van der Waals surface area (Å²) in [6.07, 6.45) is 2.89. The van der Waals surface area contributed by atoms with Crippen LogP contribution < -0.4 is 20.8 Å². The van der Waals surface area contributed by atoms with E-state index in [1.807, 2.05) is 39.8 Å². The molecule has 0 atom stereocenters. The van der Waals surface area contributed by atoms with Crippen molar-refractivity contribution in [3.63, 3.8) is 0 Å². The van der Waals surface area contributed by atoms with E-state index in [0.717, 1.165) is 5.46 Å². The van der Waals surface area contributed by atoms with Gasteiger partial charge < -0.3 is 19.4 Å². The van der Waals surface area contributed by atoms with Crippen molar-refractivity contribution in [1.82, 2.24) is 9.97 Å². The van der Waals surface area contributed by atoms with Gasteiger partial charge in [-0.15, -0.1) is 0 Å². The molecule has 0 unspecified atom stereocenters. The molecule has 2 heterocycles. The average Bonchev–Trinajstić information content (AvgIpc) is 2.83. The molecule has 0 saturated carbocycles.